The summed E-state index contributed by atoms with van der Waals surface area (Å²) >= 11 is 0. The average Bonchev–Trinajstić information content (AvgIpc) is 2.59. The van der Waals surface area contributed by atoms with E-state index in [0.29, 0.717) is 0 Å². The molecule has 2 atom stereocenters. The van der Waals surface area contributed by atoms with E-state index >= 15 is 0 Å². The Hall–Kier alpha value is -1.22. The van der Waals surface area contributed by atoms with E-state index in [4.69, 9.17) is 9.47 Å². The number of unbranched alkanes of at least 4 members (excludes halogenated alkanes) is 3. The van der Waals surface area contributed by atoms with Gasteiger partial charge in [0.2, 0.25) is 0 Å². The van der Waals surface area contributed by atoms with E-state index in [1.54, 1.807) is 0 Å². The Labute approximate surface area is 149 Å². The van der Waals surface area contributed by atoms with Crippen LogP contribution in [0.15, 0.2) is 18.2 Å². The minimum atomic E-state index is 0.215. The zero-order valence-electron chi connectivity index (χ0n) is 16.4. The van der Waals surface area contributed by atoms with Crippen LogP contribution >= 0.6 is 0 Å². The zero-order valence-corrected chi connectivity index (χ0v) is 16.4. The molecule has 0 fully saturated rings. The highest BCUT2D eigenvalue weighted by molar-refractivity contribution is 5.41. The molecule has 0 saturated carbocycles. The van der Waals surface area contributed by atoms with Gasteiger partial charge in [0.25, 0.3) is 0 Å². The normalized spacial score (nSPS) is 13.5. The third-order valence-electron chi connectivity index (χ3n) is 4.38. The van der Waals surface area contributed by atoms with Gasteiger partial charge in [-0.05, 0) is 45.7 Å². The molecule has 0 bridgehead atoms. The molecule has 3 heteroatoms. The second kappa shape index (κ2) is 12.2. The first kappa shape index (κ1) is 20.8. The van der Waals surface area contributed by atoms with Crippen LogP contribution in [-0.2, 0) is 6.54 Å². The number of hydrogen-bond donors (Lipinski definition) is 1. The maximum Gasteiger partial charge on any atom is 0.127 e. The second-order valence-corrected chi connectivity index (χ2v) is 6.68. The van der Waals surface area contributed by atoms with Crippen molar-refractivity contribution < 1.29 is 9.47 Å². The summed E-state index contributed by atoms with van der Waals surface area (Å²) in [4.78, 5) is 0. The highest BCUT2D eigenvalue weighted by atomic mass is 16.5. The third kappa shape index (κ3) is 8.05. The monoisotopic (exact) mass is 335 g/mol. The van der Waals surface area contributed by atoms with Gasteiger partial charge in [0, 0.05) is 18.2 Å². The lowest BCUT2D eigenvalue weighted by Gasteiger charge is -2.19. The standard InChI is InChI=1S/C21H37NO2/c1-6-9-10-11-14-22-16-19-12-13-20(23-17(4)7-2)15-21(19)24-18(5)8-3/h12-13,15,17-18,22H,6-11,14,16H2,1-5H3. The molecular weight excluding hydrogens is 298 g/mol. The van der Waals surface area contributed by atoms with Crippen LogP contribution in [0.2, 0.25) is 0 Å². The predicted molar refractivity (Wildman–Crippen MR) is 103 cm³/mol. The van der Waals surface area contributed by atoms with Crippen LogP contribution in [0.4, 0.5) is 0 Å². The van der Waals surface area contributed by atoms with Gasteiger partial charge in [-0.1, -0.05) is 46.1 Å². The molecule has 0 saturated heterocycles. The molecule has 0 amide bonds. The number of ether oxygens (including phenoxy) is 2. The summed E-state index contributed by atoms with van der Waals surface area (Å²) in [5.74, 6) is 1.85. The molecule has 0 aromatic heterocycles. The summed E-state index contributed by atoms with van der Waals surface area (Å²) in [5, 5.41) is 3.54. The van der Waals surface area contributed by atoms with Crippen LogP contribution < -0.4 is 14.8 Å². The molecule has 1 N–H and O–H groups in total. The molecule has 0 aliphatic carbocycles. The Bertz CT molecular complexity index is 447. The van der Waals surface area contributed by atoms with Gasteiger partial charge in [0.1, 0.15) is 11.5 Å². The van der Waals surface area contributed by atoms with E-state index < -0.39 is 0 Å². The van der Waals surface area contributed by atoms with Gasteiger partial charge >= 0.3 is 0 Å². The Morgan fingerprint density at radius 3 is 2.29 bits per heavy atom. The fourth-order valence-electron chi connectivity index (χ4n) is 2.38. The van der Waals surface area contributed by atoms with Gasteiger partial charge in [0.15, 0.2) is 0 Å². The lowest BCUT2D eigenvalue weighted by molar-refractivity contribution is 0.203. The molecule has 1 rings (SSSR count). The molecule has 2 unspecified atom stereocenters. The fraction of sp³-hybridized carbons (Fsp3) is 0.714. The van der Waals surface area contributed by atoms with E-state index in [1.807, 2.05) is 6.07 Å². The number of hydrogen-bond acceptors (Lipinski definition) is 3. The topological polar surface area (TPSA) is 30.5 Å². The first-order chi connectivity index (χ1) is 11.6. The maximum atomic E-state index is 6.13. The van der Waals surface area contributed by atoms with E-state index in [2.05, 4.69) is 52.1 Å². The molecule has 0 aliphatic heterocycles. The number of benzene rings is 1. The molecule has 1 aromatic carbocycles. The lowest BCUT2D eigenvalue weighted by atomic mass is 10.1. The molecule has 0 heterocycles. The molecule has 3 nitrogen and oxygen atoms in total. The summed E-state index contributed by atoms with van der Waals surface area (Å²) in [7, 11) is 0. The van der Waals surface area contributed by atoms with Gasteiger partial charge in [-0.15, -0.1) is 0 Å². The molecule has 138 valence electrons. The predicted octanol–water partition coefficient (Wildman–Crippen LogP) is 5.71. The lowest BCUT2D eigenvalue weighted by Crippen LogP contribution is -2.17. The highest BCUT2D eigenvalue weighted by Crippen LogP contribution is 2.27. The molecule has 1 aromatic rings. The minimum absolute atomic E-state index is 0.215. The quantitative estimate of drug-likeness (QED) is 0.468. The Balaban J connectivity index is 2.66. The van der Waals surface area contributed by atoms with Crippen molar-refractivity contribution in [2.24, 2.45) is 0 Å². The van der Waals surface area contributed by atoms with Gasteiger partial charge in [0.05, 0.1) is 12.2 Å². The van der Waals surface area contributed by atoms with Gasteiger partial charge < -0.3 is 14.8 Å². The van der Waals surface area contributed by atoms with Crippen molar-refractivity contribution in [3.8, 4) is 11.5 Å². The molecule has 0 aliphatic rings. The fourth-order valence-corrected chi connectivity index (χ4v) is 2.38. The Morgan fingerprint density at radius 1 is 0.917 bits per heavy atom. The minimum Gasteiger partial charge on any atom is -0.491 e. The van der Waals surface area contributed by atoms with Crippen molar-refractivity contribution in [1.29, 1.82) is 0 Å². The molecular formula is C21H37NO2. The summed E-state index contributed by atoms with van der Waals surface area (Å²) in [6.45, 7) is 12.7. The van der Waals surface area contributed by atoms with Crippen LogP contribution in [0.25, 0.3) is 0 Å². The summed E-state index contributed by atoms with van der Waals surface area (Å²) in [5.41, 5.74) is 1.21. The Kier molecular flexibility index (Phi) is 10.6. The van der Waals surface area contributed by atoms with Crippen LogP contribution in [0.5, 0.6) is 11.5 Å². The van der Waals surface area contributed by atoms with Crippen molar-refractivity contribution in [1.82, 2.24) is 5.32 Å². The first-order valence-electron chi connectivity index (χ1n) is 9.77. The van der Waals surface area contributed by atoms with Crippen molar-refractivity contribution in [2.45, 2.75) is 91.9 Å². The van der Waals surface area contributed by atoms with E-state index in [0.717, 1.165) is 37.4 Å². The van der Waals surface area contributed by atoms with Crippen molar-refractivity contribution in [2.75, 3.05) is 6.54 Å². The summed E-state index contributed by atoms with van der Waals surface area (Å²) < 4.78 is 12.1. The number of nitrogens with one attached hydrogen (secondary N) is 1. The SMILES string of the molecule is CCCCCCNCc1ccc(OC(C)CC)cc1OC(C)CC. The number of rotatable bonds is 13. The molecule has 0 spiro atoms. The van der Waals surface area contributed by atoms with Crippen molar-refractivity contribution >= 4 is 0 Å². The van der Waals surface area contributed by atoms with E-state index in [-0.39, 0.29) is 12.2 Å². The van der Waals surface area contributed by atoms with E-state index in [9.17, 15) is 0 Å². The molecule has 0 radical (unpaired) electrons. The summed E-state index contributed by atoms with van der Waals surface area (Å²) in [6.07, 6.45) is 7.60. The zero-order chi connectivity index (χ0) is 17.8. The Morgan fingerprint density at radius 2 is 1.62 bits per heavy atom. The van der Waals surface area contributed by atoms with Gasteiger partial charge in [-0.3, -0.25) is 0 Å². The van der Waals surface area contributed by atoms with Crippen molar-refractivity contribution in [3.63, 3.8) is 0 Å². The average molecular weight is 336 g/mol. The largest absolute Gasteiger partial charge is 0.491 e. The maximum absolute atomic E-state index is 6.13. The second-order valence-electron chi connectivity index (χ2n) is 6.68. The van der Waals surface area contributed by atoms with Crippen LogP contribution in [0, 0.1) is 0 Å². The van der Waals surface area contributed by atoms with Crippen molar-refractivity contribution in [3.05, 3.63) is 23.8 Å². The van der Waals surface area contributed by atoms with E-state index in [1.165, 1.54) is 31.2 Å². The molecule has 24 heavy (non-hydrogen) atoms. The third-order valence-corrected chi connectivity index (χ3v) is 4.38. The smallest absolute Gasteiger partial charge is 0.127 e. The highest BCUT2D eigenvalue weighted by Gasteiger charge is 2.10. The van der Waals surface area contributed by atoms with Crippen LogP contribution in [0.3, 0.4) is 0 Å². The first-order valence-corrected chi connectivity index (χ1v) is 9.77. The summed E-state index contributed by atoms with van der Waals surface area (Å²) in [6, 6.07) is 6.24. The van der Waals surface area contributed by atoms with Crippen LogP contribution in [0.1, 0.15) is 78.7 Å². The van der Waals surface area contributed by atoms with Crippen LogP contribution in [-0.4, -0.2) is 18.8 Å². The van der Waals surface area contributed by atoms with Gasteiger partial charge in [-0.2, -0.15) is 0 Å². The van der Waals surface area contributed by atoms with Gasteiger partial charge in [-0.25, -0.2) is 0 Å².